The van der Waals surface area contributed by atoms with E-state index in [1.807, 2.05) is 11.8 Å². The molecular weight excluding hydrogens is 436 g/mol. The minimum atomic E-state index is -0.574. The van der Waals surface area contributed by atoms with Crippen molar-refractivity contribution in [1.82, 2.24) is 25.2 Å². The van der Waals surface area contributed by atoms with Crippen LogP contribution >= 0.6 is 22.9 Å². The lowest BCUT2D eigenvalue weighted by atomic mass is 9.93. The molecule has 1 unspecified atom stereocenters. The number of nitrogens with two attached hydrogens (primary N) is 1. The highest BCUT2D eigenvalue weighted by atomic mass is 35.5. The molecule has 0 spiro atoms. The van der Waals surface area contributed by atoms with Crippen LogP contribution in [0.25, 0.3) is 0 Å². The molecule has 1 fully saturated rings. The van der Waals surface area contributed by atoms with Gasteiger partial charge < -0.3 is 16.0 Å². The molecule has 3 rings (SSSR count). The summed E-state index contributed by atoms with van der Waals surface area (Å²) in [7, 11) is 0. The van der Waals surface area contributed by atoms with Crippen LogP contribution in [-0.4, -0.2) is 50.8 Å². The van der Waals surface area contributed by atoms with Gasteiger partial charge in [0.2, 0.25) is 5.91 Å². The molecule has 168 valence electrons. The molecule has 2 amide bonds. The first-order chi connectivity index (χ1) is 14.7. The highest BCUT2D eigenvalue weighted by molar-refractivity contribution is 7.13. The van der Waals surface area contributed by atoms with Gasteiger partial charge in [-0.15, -0.1) is 11.3 Å². The Balaban J connectivity index is 1.51. The number of nitrogen functional groups attached to an aromatic ring is 1. The van der Waals surface area contributed by atoms with Crippen LogP contribution in [0.3, 0.4) is 0 Å². The molecule has 8 nitrogen and oxygen atoms in total. The number of likely N-dealkylation sites (tertiary alicyclic amines) is 1. The van der Waals surface area contributed by atoms with Crippen molar-refractivity contribution >= 4 is 40.6 Å². The third-order valence-electron chi connectivity index (χ3n) is 5.63. The molecule has 1 aliphatic heterocycles. The first-order valence-electron chi connectivity index (χ1n) is 10.5. The summed E-state index contributed by atoms with van der Waals surface area (Å²) >= 11 is 7.57. The van der Waals surface area contributed by atoms with E-state index in [1.165, 1.54) is 11.3 Å². The van der Waals surface area contributed by atoms with Gasteiger partial charge in [0.1, 0.15) is 27.7 Å². The fourth-order valence-corrected chi connectivity index (χ4v) is 4.90. The minimum absolute atomic E-state index is 0.0468. The molecule has 2 aromatic heterocycles. The number of carbonyl (C=O) groups excluding carboxylic acids is 2. The molecule has 2 atom stereocenters. The maximum atomic E-state index is 12.9. The quantitative estimate of drug-likeness (QED) is 0.634. The van der Waals surface area contributed by atoms with Crippen molar-refractivity contribution in [3.8, 4) is 0 Å². The fraction of sp³-hybridized carbons (Fsp3) is 0.571. The Labute approximate surface area is 191 Å². The number of nitrogens with one attached hydrogen (secondary N) is 1. The van der Waals surface area contributed by atoms with E-state index < -0.39 is 6.04 Å². The lowest BCUT2D eigenvalue weighted by Crippen LogP contribution is -2.47. The van der Waals surface area contributed by atoms with Gasteiger partial charge in [0, 0.05) is 18.7 Å². The maximum Gasteiger partial charge on any atom is 0.263 e. The van der Waals surface area contributed by atoms with Gasteiger partial charge in [-0.1, -0.05) is 11.6 Å². The smallest absolute Gasteiger partial charge is 0.263 e. The number of halogens is 1. The summed E-state index contributed by atoms with van der Waals surface area (Å²) in [6.07, 6.45) is 6.07. The summed E-state index contributed by atoms with van der Waals surface area (Å²) in [5.74, 6) is 1.19. The SMILES string of the molecule is Cc1nc(N)c(CCC2CCCN(C(=O)[C@H](C)NC(=O)c3cnc(C)s3)CC2)c(Cl)n1. The molecule has 3 heterocycles. The largest absolute Gasteiger partial charge is 0.383 e. The Morgan fingerprint density at radius 3 is 2.77 bits per heavy atom. The Bertz CT molecular complexity index is 927. The van der Waals surface area contributed by atoms with E-state index in [9.17, 15) is 9.59 Å². The monoisotopic (exact) mass is 464 g/mol. The number of nitrogens with zero attached hydrogens (tertiary/aromatic N) is 4. The van der Waals surface area contributed by atoms with Crippen molar-refractivity contribution in [2.45, 2.75) is 58.9 Å². The third-order valence-corrected chi connectivity index (χ3v) is 6.85. The van der Waals surface area contributed by atoms with Gasteiger partial charge >= 0.3 is 0 Å². The van der Waals surface area contributed by atoms with Gasteiger partial charge in [-0.2, -0.15) is 0 Å². The average molecular weight is 465 g/mol. The standard InChI is InChI=1S/C21H29ClN6O2S/c1-12(25-20(29)17-11-24-14(3)31-17)21(30)28-9-4-5-15(8-10-28)6-7-16-18(22)26-13(2)27-19(16)23/h11-12,15H,4-10H2,1-3H3,(H,25,29)(H2,23,26,27)/t12-,15?/m0/s1. The van der Waals surface area contributed by atoms with E-state index in [2.05, 4.69) is 20.3 Å². The molecular formula is C21H29ClN6O2S. The van der Waals surface area contributed by atoms with E-state index in [0.29, 0.717) is 40.7 Å². The number of aromatic nitrogens is 3. The van der Waals surface area contributed by atoms with Crippen molar-refractivity contribution in [2.24, 2.45) is 5.92 Å². The zero-order valence-corrected chi connectivity index (χ0v) is 19.7. The van der Waals surface area contributed by atoms with Crippen molar-refractivity contribution in [1.29, 1.82) is 0 Å². The second kappa shape index (κ2) is 10.4. The first-order valence-corrected chi connectivity index (χ1v) is 11.7. The summed E-state index contributed by atoms with van der Waals surface area (Å²) in [6, 6.07) is -0.574. The summed E-state index contributed by atoms with van der Waals surface area (Å²) in [4.78, 5) is 40.1. The molecule has 10 heteroatoms. The van der Waals surface area contributed by atoms with Gasteiger partial charge in [-0.25, -0.2) is 15.0 Å². The van der Waals surface area contributed by atoms with Crippen LogP contribution in [0, 0.1) is 19.8 Å². The average Bonchev–Trinajstić information content (AvgIpc) is 3.01. The zero-order valence-electron chi connectivity index (χ0n) is 18.2. The van der Waals surface area contributed by atoms with Crippen molar-refractivity contribution in [3.63, 3.8) is 0 Å². The van der Waals surface area contributed by atoms with E-state index in [1.54, 1.807) is 20.0 Å². The van der Waals surface area contributed by atoms with Gasteiger partial charge in [-0.3, -0.25) is 9.59 Å². The molecule has 3 N–H and O–H groups in total. The number of anilines is 1. The topological polar surface area (TPSA) is 114 Å². The third kappa shape index (κ3) is 6.13. The number of hydrogen-bond donors (Lipinski definition) is 2. The summed E-state index contributed by atoms with van der Waals surface area (Å²) in [5, 5.41) is 4.05. The lowest BCUT2D eigenvalue weighted by Gasteiger charge is -2.24. The van der Waals surface area contributed by atoms with E-state index in [-0.39, 0.29) is 11.8 Å². The van der Waals surface area contributed by atoms with Gasteiger partial charge in [0.05, 0.1) is 11.2 Å². The van der Waals surface area contributed by atoms with E-state index >= 15 is 0 Å². The molecule has 0 aliphatic carbocycles. The second-order valence-electron chi connectivity index (χ2n) is 8.02. The molecule has 1 saturated heterocycles. The first kappa shape index (κ1) is 23.4. The highest BCUT2D eigenvalue weighted by Crippen LogP contribution is 2.27. The fourth-order valence-electron chi connectivity index (χ4n) is 3.91. The lowest BCUT2D eigenvalue weighted by molar-refractivity contribution is -0.132. The Hall–Kier alpha value is -2.26. The molecule has 0 bridgehead atoms. The van der Waals surface area contributed by atoms with Crippen LogP contribution < -0.4 is 11.1 Å². The summed E-state index contributed by atoms with van der Waals surface area (Å²) in [5.41, 5.74) is 6.83. The van der Waals surface area contributed by atoms with Crippen LogP contribution in [0.15, 0.2) is 6.20 Å². The predicted molar refractivity (Wildman–Crippen MR) is 122 cm³/mol. The molecule has 0 radical (unpaired) electrons. The highest BCUT2D eigenvalue weighted by Gasteiger charge is 2.26. The van der Waals surface area contributed by atoms with Crippen molar-refractivity contribution in [2.75, 3.05) is 18.8 Å². The van der Waals surface area contributed by atoms with E-state index in [4.69, 9.17) is 17.3 Å². The van der Waals surface area contributed by atoms with Crippen LogP contribution in [0.1, 0.15) is 58.7 Å². The molecule has 0 aromatic carbocycles. The second-order valence-corrected chi connectivity index (χ2v) is 9.62. The Morgan fingerprint density at radius 1 is 1.32 bits per heavy atom. The van der Waals surface area contributed by atoms with Gasteiger partial charge in [0.25, 0.3) is 5.91 Å². The summed E-state index contributed by atoms with van der Waals surface area (Å²) < 4.78 is 0. The molecule has 1 aliphatic rings. The predicted octanol–water partition coefficient (Wildman–Crippen LogP) is 3.17. The van der Waals surface area contributed by atoms with Crippen molar-refractivity contribution < 1.29 is 9.59 Å². The maximum absolute atomic E-state index is 12.9. The van der Waals surface area contributed by atoms with E-state index in [0.717, 1.165) is 42.7 Å². The van der Waals surface area contributed by atoms with Crippen LogP contribution in [0.2, 0.25) is 5.15 Å². The van der Waals surface area contributed by atoms with Crippen LogP contribution in [0.4, 0.5) is 5.82 Å². The number of carbonyl (C=O) groups is 2. The molecule has 2 aromatic rings. The zero-order chi connectivity index (χ0) is 22.5. The Morgan fingerprint density at radius 2 is 2.10 bits per heavy atom. The normalized spacial score (nSPS) is 17.8. The number of hydrogen-bond acceptors (Lipinski definition) is 7. The number of thiazole rings is 1. The van der Waals surface area contributed by atoms with Crippen LogP contribution in [0.5, 0.6) is 0 Å². The Kier molecular flexibility index (Phi) is 7.83. The van der Waals surface area contributed by atoms with Gasteiger partial charge in [-0.05, 0) is 58.8 Å². The van der Waals surface area contributed by atoms with Crippen LogP contribution in [-0.2, 0) is 11.2 Å². The number of rotatable bonds is 6. The summed E-state index contributed by atoms with van der Waals surface area (Å²) in [6.45, 7) is 6.73. The number of aryl methyl sites for hydroxylation is 2. The molecule has 31 heavy (non-hydrogen) atoms. The number of amides is 2. The van der Waals surface area contributed by atoms with Crippen molar-refractivity contribution in [3.05, 3.63) is 32.6 Å². The molecule has 0 saturated carbocycles. The minimum Gasteiger partial charge on any atom is -0.383 e. The van der Waals surface area contributed by atoms with Gasteiger partial charge in [0.15, 0.2) is 0 Å².